The maximum absolute atomic E-state index is 10.9. The van der Waals surface area contributed by atoms with Crippen molar-refractivity contribution in [3.63, 3.8) is 0 Å². The first-order valence-corrected chi connectivity index (χ1v) is 5.09. The number of hydrogen-bond acceptors (Lipinski definition) is 7. The van der Waals surface area contributed by atoms with Crippen LogP contribution in [0.4, 0.5) is 0 Å². The third-order valence-corrected chi connectivity index (χ3v) is 2.34. The number of thioether (sulfide) groups is 1. The fraction of sp³-hybridized carbons (Fsp3) is 0.857. The van der Waals surface area contributed by atoms with Crippen molar-refractivity contribution in [2.24, 2.45) is 0 Å². The molecule has 0 unspecified atom stereocenters. The number of aliphatic hydroxyl groups is 5. The Labute approximate surface area is 85.2 Å². The Morgan fingerprint density at radius 1 is 1.21 bits per heavy atom. The summed E-state index contributed by atoms with van der Waals surface area (Å²) in [6.45, 7) is -0.765. The predicted octanol–water partition coefficient (Wildman–Crippen LogP) is -2.69. The lowest BCUT2D eigenvalue weighted by Crippen LogP contribution is -2.48. The minimum Gasteiger partial charge on any atom is -0.394 e. The van der Waals surface area contributed by atoms with Gasteiger partial charge in [0.15, 0.2) is 6.10 Å². The van der Waals surface area contributed by atoms with Crippen molar-refractivity contribution in [1.82, 2.24) is 0 Å². The normalized spacial score (nSPS) is 19.9. The van der Waals surface area contributed by atoms with Crippen molar-refractivity contribution < 1.29 is 30.3 Å². The topological polar surface area (TPSA) is 118 Å². The Kier molecular flexibility index (Phi) is 6.25. The maximum atomic E-state index is 10.9. The van der Waals surface area contributed by atoms with Gasteiger partial charge in [0.05, 0.1) is 6.61 Å². The monoisotopic (exact) mass is 226 g/mol. The number of hydrogen-bond donors (Lipinski definition) is 5. The van der Waals surface area contributed by atoms with Crippen molar-refractivity contribution >= 4 is 16.9 Å². The van der Waals surface area contributed by atoms with Crippen molar-refractivity contribution in [1.29, 1.82) is 0 Å². The van der Waals surface area contributed by atoms with E-state index >= 15 is 0 Å². The van der Waals surface area contributed by atoms with E-state index < -0.39 is 36.1 Å². The number of aliphatic hydroxyl groups excluding tert-OH is 5. The van der Waals surface area contributed by atoms with Crippen LogP contribution in [0.15, 0.2) is 0 Å². The molecule has 0 saturated carbocycles. The molecule has 0 rings (SSSR count). The van der Waals surface area contributed by atoms with E-state index in [0.29, 0.717) is 11.8 Å². The molecule has 5 N–H and O–H groups in total. The summed E-state index contributed by atoms with van der Waals surface area (Å²) in [6.07, 6.45) is -5.52. The Balaban J connectivity index is 4.30. The molecule has 6 nitrogen and oxygen atoms in total. The molecule has 0 fully saturated rings. The summed E-state index contributed by atoms with van der Waals surface area (Å²) in [5, 5.41) is 44.1. The van der Waals surface area contributed by atoms with Crippen LogP contribution in [0.2, 0.25) is 0 Å². The van der Waals surface area contributed by atoms with Gasteiger partial charge in [0.1, 0.15) is 18.3 Å². The van der Waals surface area contributed by atoms with Gasteiger partial charge in [-0.2, -0.15) is 0 Å². The zero-order valence-electron chi connectivity index (χ0n) is 7.57. The van der Waals surface area contributed by atoms with Crippen LogP contribution < -0.4 is 0 Å². The van der Waals surface area contributed by atoms with E-state index in [-0.39, 0.29) is 0 Å². The minimum absolute atomic E-state index is 0.694. The van der Waals surface area contributed by atoms with E-state index in [9.17, 15) is 9.90 Å². The third-order valence-electron chi connectivity index (χ3n) is 1.70. The fourth-order valence-electron chi connectivity index (χ4n) is 0.783. The Morgan fingerprint density at radius 2 is 1.71 bits per heavy atom. The first kappa shape index (κ1) is 13.8. The molecule has 0 aromatic carbocycles. The van der Waals surface area contributed by atoms with Crippen molar-refractivity contribution in [3.8, 4) is 0 Å². The van der Waals surface area contributed by atoms with Gasteiger partial charge in [-0.15, -0.1) is 0 Å². The molecule has 0 aliphatic heterocycles. The van der Waals surface area contributed by atoms with Gasteiger partial charge in [0.25, 0.3) is 0 Å². The third kappa shape index (κ3) is 3.52. The van der Waals surface area contributed by atoms with E-state index in [4.69, 9.17) is 20.4 Å². The van der Waals surface area contributed by atoms with Crippen molar-refractivity contribution in [2.75, 3.05) is 12.9 Å². The Morgan fingerprint density at radius 3 is 2.07 bits per heavy atom. The van der Waals surface area contributed by atoms with Crippen LogP contribution in [0, 0.1) is 0 Å². The lowest BCUT2D eigenvalue weighted by Gasteiger charge is -2.24. The Hall–Kier alpha value is -0.180. The van der Waals surface area contributed by atoms with Crippen LogP contribution in [0.1, 0.15) is 0 Å². The van der Waals surface area contributed by atoms with E-state index in [2.05, 4.69) is 0 Å². The van der Waals surface area contributed by atoms with E-state index in [1.807, 2.05) is 0 Å². The molecule has 4 atom stereocenters. The highest BCUT2D eigenvalue weighted by Gasteiger charge is 2.33. The summed E-state index contributed by atoms with van der Waals surface area (Å²) in [6, 6.07) is 0. The second-order valence-electron chi connectivity index (χ2n) is 2.70. The van der Waals surface area contributed by atoms with Crippen LogP contribution in [-0.4, -0.2) is 67.9 Å². The summed E-state index contributed by atoms with van der Waals surface area (Å²) >= 11 is 0.694. The molecule has 0 aliphatic rings. The lowest BCUT2D eigenvalue weighted by molar-refractivity contribution is -0.139. The molecular formula is C7H14O6S. The van der Waals surface area contributed by atoms with Gasteiger partial charge in [0.2, 0.25) is 5.12 Å². The van der Waals surface area contributed by atoms with Crippen LogP contribution in [0.5, 0.6) is 0 Å². The van der Waals surface area contributed by atoms with Gasteiger partial charge in [-0.1, -0.05) is 11.8 Å². The summed E-state index contributed by atoms with van der Waals surface area (Å²) in [4.78, 5) is 10.9. The van der Waals surface area contributed by atoms with Gasteiger partial charge >= 0.3 is 0 Å². The first-order valence-electron chi connectivity index (χ1n) is 3.86. The molecule has 0 amide bonds. The molecule has 0 aliphatic carbocycles. The molecule has 0 aromatic rings. The van der Waals surface area contributed by atoms with E-state index in [0.717, 1.165) is 0 Å². The number of rotatable bonds is 5. The molecule has 0 bridgehead atoms. The molecule has 0 saturated heterocycles. The van der Waals surface area contributed by atoms with E-state index in [1.54, 1.807) is 0 Å². The molecular weight excluding hydrogens is 212 g/mol. The second-order valence-corrected chi connectivity index (χ2v) is 3.51. The quantitative estimate of drug-likeness (QED) is 0.346. The van der Waals surface area contributed by atoms with Crippen molar-refractivity contribution in [2.45, 2.75) is 24.4 Å². The highest BCUT2D eigenvalue weighted by molar-refractivity contribution is 8.13. The van der Waals surface area contributed by atoms with Gasteiger partial charge in [-0.05, 0) is 6.26 Å². The van der Waals surface area contributed by atoms with E-state index in [1.165, 1.54) is 6.26 Å². The molecule has 0 aromatic heterocycles. The first-order chi connectivity index (χ1) is 6.45. The maximum Gasteiger partial charge on any atom is 0.219 e. The van der Waals surface area contributed by atoms with Crippen LogP contribution >= 0.6 is 11.8 Å². The average Bonchev–Trinajstić information content (AvgIpc) is 2.23. The molecule has 7 heteroatoms. The zero-order chi connectivity index (χ0) is 11.3. The zero-order valence-corrected chi connectivity index (χ0v) is 8.39. The summed E-state index contributed by atoms with van der Waals surface area (Å²) in [5.74, 6) is 0. The van der Waals surface area contributed by atoms with Crippen LogP contribution in [0.25, 0.3) is 0 Å². The van der Waals surface area contributed by atoms with Crippen LogP contribution in [0.3, 0.4) is 0 Å². The lowest BCUT2D eigenvalue weighted by atomic mass is 10.0. The number of carbonyl (C=O) groups is 1. The fourth-order valence-corrected chi connectivity index (χ4v) is 1.16. The highest BCUT2D eigenvalue weighted by Crippen LogP contribution is 2.10. The smallest absolute Gasteiger partial charge is 0.219 e. The van der Waals surface area contributed by atoms with Gasteiger partial charge < -0.3 is 25.5 Å². The van der Waals surface area contributed by atoms with Gasteiger partial charge in [-0.25, -0.2) is 0 Å². The molecule has 0 heterocycles. The van der Waals surface area contributed by atoms with Crippen molar-refractivity contribution in [3.05, 3.63) is 0 Å². The summed E-state index contributed by atoms with van der Waals surface area (Å²) in [5.41, 5.74) is 0. The molecule has 0 radical (unpaired) electrons. The highest BCUT2D eigenvalue weighted by atomic mass is 32.2. The SMILES string of the molecule is CSC(=O)[C@H](O)[C@@H](O)[C@H](O)[C@H](O)CO. The standard InChI is InChI=1S/C7H14O6S/c1-14-7(13)6(12)5(11)4(10)3(9)2-8/h3-6,8-12H,2H2,1H3/t3-,4-,5+,6-/m1/s1. The largest absolute Gasteiger partial charge is 0.394 e. The minimum atomic E-state index is -1.81. The second kappa shape index (κ2) is 6.33. The predicted molar refractivity (Wildman–Crippen MR) is 49.6 cm³/mol. The van der Waals surface area contributed by atoms with Gasteiger partial charge in [0, 0.05) is 0 Å². The van der Waals surface area contributed by atoms with Crippen LogP contribution in [-0.2, 0) is 4.79 Å². The molecule has 0 spiro atoms. The molecule has 14 heavy (non-hydrogen) atoms. The average molecular weight is 226 g/mol. The summed E-state index contributed by atoms with van der Waals surface area (Å²) < 4.78 is 0. The number of carbonyl (C=O) groups excluding carboxylic acids is 1. The summed E-state index contributed by atoms with van der Waals surface area (Å²) in [7, 11) is 0. The Bertz CT molecular complexity index is 187. The molecule has 84 valence electrons. The van der Waals surface area contributed by atoms with Gasteiger partial charge in [-0.3, -0.25) is 4.79 Å².